The van der Waals surface area contributed by atoms with Gasteiger partial charge in [-0.2, -0.15) is 0 Å². The summed E-state index contributed by atoms with van der Waals surface area (Å²) in [5.74, 6) is 0.864. The van der Waals surface area contributed by atoms with E-state index in [4.69, 9.17) is 10.5 Å². The van der Waals surface area contributed by atoms with E-state index in [0.29, 0.717) is 6.61 Å². The van der Waals surface area contributed by atoms with Gasteiger partial charge in [0.2, 0.25) is 0 Å². The molecule has 0 aliphatic carbocycles. The zero-order valence-electron chi connectivity index (χ0n) is 11.2. The van der Waals surface area contributed by atoms with Crippen molar-refractivity contribution in [2.75, 3.05) is 6.61 Å². The molecular formula is C16H18BrNO. The Kier molecular flexibility index (Phi) is 4.61. The minimum absolute atomic E-state index is 0.141. The van der Waals surface area contributed by atoms with Gasteiger partial charge in [0.05, 0.1) is 12.6 Å². The van der Waals surface area contributed by atoms with Gasteiger partial charge in [0, 0.05) is 4.47 Å². The lowest BCUT2D eigenvalue weighted by Crippen LogP contribution is -2.13. The van der Waals surface area contributed by atoms with Crippen molar-refractivity contribution in [3.63, 3.8) is 0 Å². The van der Waals surface area contributed by atoms with E-state index in [2.05, 4.69) is 28.9 Å². The lowest BCUT2D eigenvalue weighted by atomic mass is 9.96. The number of rotatable bonds is 4. The van der Waals surface area contributed by atoms with Gasteiger partial charge in [-0.3, -0.25) is 0 Å². The van der Waals surface area contributed by atoms with Crippen LogP contribution in [0.5, 0.6) is 5.75 Å². The molecule has 2 nitrogen and oxygen atoms in total. The van der Waals surface area contributed by atoms with Crippen LogP contribution in [0.2, 0.25) is 0 Å². The first-order valence-corrected chi connectivity index (χ1v) is 7.16. The normalized spacial score (nSPS) is 12.2. The van der Waals surface area contributed by atoms with Crippen molar-refractivity contribution in [1.29, 1.82) is 0 Å². The summed E-state index contributed by atoms with van der Waals surface area (Å²) in [6.45, 7) is 4.71. The van der Waals surface area contributed by atoms with Crippen LogP contribution in [0.25, 0.3) is 0 Å². The second-order valence-electron chi connectivity index (χ2n) is 4.44. The molecule has 1 atom stereocenters. The molecule has 0 aromatic heterocycles. The molecule has 0 saturated heterocycles. The summed E-state index contributed by atoms with van der Waals surface area (Å²) in [6, 6.07) is 13.9. The highest BCUT2D eigenvalue weighted by molar-refractivity contribution is 9.10. The molecule has 100 valence electrons. The van der Waals surface area contributed by atoms with E-state index >= 15 is 0 Å². The molecule has 2 N–H and O–H groups in total. The predicted molar refractivity (Wildman–Crippen MR) is 82.5 cm³/mol. The third kappa shape index (κ3) is 3.17. The van der Waals surface area contributed by atoms with Gasteiger partial charge in [-0.25, -0.2) is 0 Å². The fourth-order valence-electron chi connectivity index (χ4n) is 2.11. The van der Waals surface area contributed by atoms with Crippen LogP contribution in [0.4, 0.5) is 0 Å². The Morgan fingerprint density at radius 3 is 2.68 bits per heavy atom. The van der Waals surface area contributed by atoms with Crippen LogP contribution in [0.3, 0.4) is 0 Å². The molecule has 0 amide bonds. The number of ether oxygens (including phenoxy) is 1. The summed E-state index contributed by atoms with van der Waals surface area (Å²) in [5, 5.41) is 0. The maximum Gasteiger partial charge on any atom is 0.119 e. The third-order valence-corrected chi connectivity index (χ3v) is 4.03. The van der Waals surface area contributed by atoms with Crippen LogP contribution in [-0.4, -0.2) is 6.61 Å². The molecule has 0 bridgehead atoms. The number of benzene rings is 2. The highest BCUT2D eigenvalue weighted by Crippen LogP contribution is 2.28. The topological polar surface area (TPSA) is 35.2 Å². The van der Waals surface area contributed by atoms with Crippen molar-refractivity contribution in [2.45, 2.75) is 19.9 Å². The lowest BCUT2D eigenvalue weighted by Gasteiger charge is -2.17. The molecule has 1 unspecified atom stereocenters. The average molecular weight is 320 g/mol. The van der Waals surface area contributed by atoms with Crippen LogP contribution in [0.1, 0.15) is 29.7 Å². The van der Waals surface area contributed by atoms with Gasteiger partial charge >= 0.3 is 0 Å². The van der Waals surface area contributed by atoms with Crippen molar-refractivity contribution >= 4 is 15.9 Å². The second-order valence-corrected chi connectivity index (χ2v) is 5.29. The molecule has 2 aromatic rings. The van der Waals surface area contributed by atoms with Crippen LogP contribution in [-0.2, 0) is 0 Å². The highest BCUT2D eigenvalue weighted by Gasteiger charge is 2.13. The zero-order valence-corrected chi connectivity index (χ0v) is 12.8. The van der Waals surface area contributed by atoms with E-state index in [-0.39, 0.29) is 6.04 Å². The maximum absolute atomic E-state index is 6.37. The molecule has 0 saturated carbocycles. The van der Waals surface area contributed by atoms with Gasteiger partial charge in [-0.15, -0.1) is 0 Å². The van der Waals surface area contributed by atoms with Crippen molar-refractivity contribution < 1.29 is 4.74 Å². The van der Waals surface area contributed by atoms with Crippen molar-refractivity contribution in [2.24, 2.45) is 5.73 Å². The number of halogens is 1. The number of nitrogens with two attached hydrogens (primary N) is 1. The monoisotopic (exact) mass is 319 g/mol. The smallest absolute Gasteiger partial charge is 0.119 e. The van der Waals surface area contributed by atoms with Gasteiger partial charge in [0.25, 0.3) is 0 Å². The molecule has 2 aromatic carbocycles. The second kappa shape index (κ2) is 6.22. The Bertz CT molecular complexity index is 568. The molecule has 0 radical (unpaired) electrons. The van der Waals surface area contributed by atoms with Gasteiger partial charge in [0.15, 0.2) is 0 Å². The zero-order chi connectivity index (χ0) is 13.8. The van der Waals surface area contributed by atoms with E-state index in [1.165, 1.54) is 5.56 Å². The average Bonchev–Trinajstić information content (AvgIpc) is 2.42. The summed E-state index contributed by atoms with van der Waals surface area (Å²) in [7, 11) is 0. The van der Waals surface area contributed by atoms with Gasteiger partial charge in [-0.1, -0.05) is 40.2 Å². The van der Waals surface area contributed by atoms with Gasteiger partial charge in [-0.05, 0) is 48.7 Å². The predicted octanol–water partition coefficient (Wildman–Crippen LogP) is 4.20. The highest BCUT2D eigenvalue weighted by atomic mass is 79.9. The largest absolute Gasteiger partial charge is 0.494 e. The van der Waals surface area contributed by atoms with Crippen LogP contribution in [0, 0.1) is 6.92 Å². The van der Waals surface area contributed by atoms with Gasteiger partial charge in [0.1, 0.15) is 5.75 Å². The maximum atomic E-state index is 6.37. The fourth-order valence-corrected chi connectivity index (χ4v) is 2.49. The minimum Gasteiger partial charge on any atom is -0.494 e. The Balaban J connectivity index is 2.35. The van der Waals surface area contributed by atoms with Crippen molar-refractivity contribution in [3.05, 3.63) is 63.6 Å². The first kappa shape index (κ1) is 14.1. The Morgan fingerprint density at radius 2 is 1.95 bits per heavy atom. The third-order valence-electron chi connectivity index (χ3n) is 3.17. The molecule has 0 fully saturated rings. The van der Waals surface area contributed by atoms with Gasteiger partial charge < -0.3 is 10.5 Å². The van der Waals surface area contributed by atoms with Crippen LogP contribution >= 0.6 is 15.9 Å². The lowest BCUT2D eigenvalue weighted by molar-refractivity contribution is 0.340. The van der Waals surface area contributed by atoms with Crippen molar-refractivity contribution in [3.8, 4) is 5.75 Å². The molecule has 0 spiro atoms. The summed E-state index contributed by atoms with van der Waals surface area (Å²) >= 11 is 3.55. The Hall–Kier alpha value is -1.32. The molecule has 0 heterocycles. The van der Waals surface area contributed by atoms with Crippen LogP contribution < -0.4 is 10.5 Å². The van der Waals surface area contributed by atoms with E-state index in [0.717, 1.165) is 21.3 Å². The van der Waals surface area contributed by atoms with E-state index in [1.54, 1.807) is 0 Å². The molecule has 0 aliphatic rings. The quantitative estimate of drug-likeness (QED) is 0.916. The Morgan fingerprint density at radius 1 is 1.21 bits per heavy atom. The van der Waals surface area contributed by atoms with E-state index in [9.17, 15) is 0 Å². The Labute approximate surface area is 122 Å². The molecule has 3 heteroatoms. The standard InChI is InChI=1S/C16H18BrNO/c1-3-19-13-7-4-6-12(10-13)16(18)14-8-5-9-15(17)11(14)2/h4-10,16H,3,18H2,1-2H3. The minimum atomic E-state index is -0.141. The van der Waals surface area contributed by atoms with E-state index in [1.807, 2.05) is 43.3 Å². The first-order valence-electron chi connectivity index (χ1n) is 6.36. The summed E-state index contributed by atoms with van der Waals surface area (Å²) in [6.07, 6.45) is 0. The fraction of sp³-hybridized carbons (Fsp3) is 0.250. The summed E-state index contributed by atoms with van der Waals surface area (Å²) in [4.78, 5) is 0. The molecule has 19 heavy (non-hydrogen) atoms. The number of hydrogen-bond donors (Lipinski definition) is 1. The molecular weight excluding hydrogens is 302 g/mol. The summed E-state index contributed by atoms with van der Waals surface area (Å²) < 4.78 is 6.61. The van der Waals surface area contributed by atoms with E-state index < -0.39 is 0 Å². The van der Waals surface area contributed by atoms with Crippen LogP contribution in [0.15, 0.2) is 46.9 Å². The molecule has 2 rings (SSSR count). The molecule has 0 aliphatic heterocycles. The first-order chi connectivity index (χ1) is 9.13. The SMILES string of the molecule is CCOc1cccc(C(N)c2cccc(Br)c2C)c1. The van der Waals surface area contributed by atoms with Crippen molar-refractivity contribution in [1.82, 2.24) is 0 Å². The summed E-state index contributed by atoms with van der Waals surface area (Å²) in [5.41, 5.74) is 9.74. The number of hydrogen-bond acceptors (Lipinski definition) is 2.